The summed E-state index contributed by atoms with van der Waals surface area (Å²) in [7, 11) is 0. The maximum absolute atomic E-state index is 12.5. The van der Waals surface area contributed by atoms with E-state index in [0.29, 0.717) is 25.9 Å². The van der Waals surface area contributed by atoms with Gasteiger partial charge in [0.25, 0.3) is 0 Å². The molecule has 0 saturated carbocycles. The number of carbonyl (C=O) groups excluding carboxylic acids is 2. The average Bonchev–Trinajstić information content (AvgIpc) is 3.34. The van der Waals surface area contributed by atoms with E-state index in [-0.39, 0.29) is 18.5 Å². The molecule has 0 rings (SSSR count). The van der Waals surface area contributed by atoms with Gasteiger partial charge in [-0.2, -0.15) is 0 Å². The van der Waals surface area contributed by atoms with Crippen LogP contribution in [0.25, 0.3) is 0 Å². The van der Waals surface area contributed by atoms with Crippen molar-refractivity contribution in [2.24, 2.45) is 0 Å². The Morgan fingerprint density at radius 2 is 0.691 bits per heavy atom. The monoisotopic (exact) mass is 958 g/mol. The van der Waals surface area contributed by atoms with Crippen LogP contribution in [0.1, 0.15) is 335 Å². The third kappa shape index (κ3) is 53.7. The topological polar surface area (TPSA) is 95.9 Å². The molecule has 1 amide bonds. The van der Waals surface area contributed by atoms with Gasteiger partial charge >= 0.3 is 5.97 Å². The highest BCUT2D eigenvalue weighted by Crippen LogP contribution is 2.17. The van der Waals surface area contributed by atoms with Gasteiger partial charge in [0.2, 0.25) is 5.91 Å². The number of aliphatic hydroxyl groups is 2. The normalized spacial score (nSPS) is 12.7. The number of ether oxygens (including phenoxy) is 1. The Labute approximate surface area is 424 Å². The molecule has 0 fully saturated rings. The molecule has 0 aromatic carbocycles. The molecular formula is C62H119NO5. The lowest BCUT2D eigenvalue weighted by molar-refractivity contribution is -0.143. The first kappa shape index (κ1) is 66.3. The number of carbonyl (C=O) groups is 2. The number of unbranched alkanes of at least 4 members (excludes halogenated alkanes) is 42. The predicted octanol–water partition coefficient (Wildman–Crippen LogP) is 19.0. The van der Waals surface area contributed by atoms with Crippen LogP contribution in [0.4, 0.5) is 0 Å². The van der Waals surface area contributed by atoms with Crippen molar-refractivity contribution in [3.63, 3.8) is 0 Å². The number of amides is 1. The number of aliphatic hydroxyl groups excluding tert-OH is 2. The second-order valence-electron chi connectivity index (χ2n) is 21.0. The van der Waals surface area contributed by atoms with Crippen molar-refractivity contribution in [3.05, 3.63) is 24.3 Å². The fourth-order valence-electron chi connectivity index (χ4n) is 9.51. The summed E-state index contributed by atoms with van der Waals surface area (Å²) in [5.74, 6) is -0.0829. The summed E-state index contributed by atoms with van der Waals surface area (Å²) >= 11 is 0. The molecule has 0 aromatic rings. The third-order valence-electron chi connectivity index (χ3n) is 14.2. The molecular weight excluding hydrogens is 839 g/mol. The molecule has 0 aromatic heterocycles. The zero-order valence-corrected chi connectivity index (χ0v) is 45.9. The van der Waals surface area contributed by atoms with Gasteiger partial charge in [-0.25, -0.2) is 0 Å². The SMILES string of the molecule is CCCCCCCC/C=C\CCCCCCCCCC(=O)OCCCCC/C=C\CCCCCCCC(=O)NC(CO)C(O)CCCCCCCCCCCCCCCCCCCCCCCC. The first-order valence-electron chi connectivity index (χ1n) is 30.6. The van der Waals surface area contributed by atoms with E-state index in [1.54, 1.807) is 0 Å². The Kier molecular flexibility index (Phi) is 56.5. The Hall–Kier alpha value is -1.66. The molecule has 0 spiro atoms. The van der Waals surface area contributed by atoms with Crippen molar-refractivity contribution < 1.29 is 24.5 Å². The van der Waals surface area contributed by atoms with Gasteiger partial charge in [0.15, 0.2) is 0 Å². The molecule has 0 saturated heterocycles. The molecule has 0 radical (unpaired) electrons. The fourth-order valence-corrected chi connectivity index (χ4v) is 9.51. The number of hydrogen-bond donors (Lipinski definition) is 3. The largest absolute Gasteiger partial charge is 0.466 e. The maximum Gasteiger partial charge on any atom is 0.305 e. The molecule has 6 nitrogen and oxygen atoms in total. The van der Waals surface area contributed by atoms with Crippen molar-refractivity contribution in [3.8, 4) is 0 Å². The minimum Gasteiger partial charge on any atom is -0.466 e. The van der Waals surface area contributed by atoms with Crippen LogP contribution >= 0.6 is 0 Å². The molecule has 0 aliphatic carbocycles. The van der Waals surface area contributed by atoms with E-state index in [1.165, 1.54) is 225 Å². The van der Waals surface area contributed by atoms with Crippen LogP contribution in [-0.2, 0) is 14.3 Å². The Morgan fingerprint density at radius 1 is 0.397 bits per heavy atom. The van der Waals surface area contributed by atoms with E-state index in [0.717, 1.165) is 77.0 Å². The van der Waals surface area contributed by atoms with Crippen molar-refractivity contribution >= 4 is 11.9 Å². The average molecular weight is 959 g/mol. The number of allylic oxidation sites excluding steroid dienone is 4. The van der Waals surface area contributed by atoms with Crippen LogP contribution in [-0.4, -0.2) is 47.4 Å². The van der Waals surface area contributed by atoms with Crippen molar-refractivity contribution in [2.45, 2.75) is 347 Å². The molecule has 0 bridgehead atoms. The fraction of sp³-hybridized carbons (Fsp3) is 0.903. The first-order valence-corrected chi connectivity index (χ1v) is 30.6. The van der Waals surface area contributed by atoms with Crippen LogP contribution in [0.2, 0.25) is 0 Å². The molecule has 2 atom stereocenters. The molecule has 0 heterocycles. The number of hydrogen-bond acceptors (Lipinski definition) is 5. The second kappa shape index (κ2) is 57.9. The van der Waals surface area contributed by atoms with Crippen molar-refractivity contribution in [1.82, 2.24) is 5.32 Å². The van der Waals surface area contributed by atoms with Crippen LogP contribution in [0, 0.1) is 0 Å². The lowest BCUT2D eigenvalue weighted by Crippen LogP contribution is -2.45. The lowest BCUT2D eigenvalue weighted by Gasteiger charge is -2.22. The number of nitrogens with one attached hydrogen (secondary N) is 1. The van der Waals surface area contributed by atoms with Gasteiger partial charge in [0, 0.05) is 12.8 Å². The van der Waals surface area contributed by atoms with Crippen molar-refractivity contribution in [2.75, 3.05) is 13.2 Å². The van der Waals surface area contributed by atoms with Crippen LogP contribution in [0.3, 0.4) is 0 Å². The molecule has 6 heteroatoms. The molecule has 3 N–H and O–H groups in total. The summed E-state index contributed by atoms with van der Waals surface area (Å²) in [5, 5.41) is 23.3. The summed E-state index contributed by atoms with van der Waals surface area (Å²) in [6, 6.07) is -0.561. The minimum atomic E-state index is -0.682. The molecule has 2 unspecified atom stereocenters. The zero-order chi connectivity index (χ0) is 49.3. The Morgan fingerprint density at radius 3 is 1.04 bits per heavy atom. The molecule has 402 valence electrons. The van der Waals surface area contributed by atoms with E-state index in [4.69, 9.17) is 4.74 Å². The van der Waals surface area contributed by atoms with Crippen LogP contribution < -0.4 is 5.32 Å². The highest BCUT2D eigenvalue weighted by molar-refractivity contribution is 5.76. The zero-order valence-electron chi connectivity index (χ0n) is 45.9. The van der Waals surface area contributed by atoms with E-state index in [9.17, 15) is 19.8 Å². The van der Waals surface area contributed by atoms with Gasteiger partial charge in [0.1, 0.15) is 0 Å². The number of rotatable bonds is 57. The second-order valence-corrected chi connectivity index (χ2v) is 21.0. The number of esters is 1. The molecule has 0 aliphatic rings. The van der Waals surface area contributed by atoms with E-state index >= 15 is 0 Å². The van der Waals surface area contributed by atoms with Crippen LogP contribution in [0.15, 0.2) is 24.3 Å². The van der Waals surface area contributed by atoms with Crippen molar-refractivity contribution in [1.29, 1.82) is 0 Å². The van der Waals surface area contributed by atoms with Gasteiger partial charge in [-0.05, 0) is 83.5 Å². The highest BCUT2D eigenvalue weighted by Gasteiger charge is 2.20. The summed E-state index contributed by atoms with van der Waals surface area (Å²) in [6.45, 7) is 4.91. The summed E-state index contributed by atoms with van der Waals surface area (Å²) in [5.41, 5.74) is 0. The quantitative estimate of drug-likeness (QED) is 0.0321. The predicted molar refractivity (Wildman–Crippen MR) is 296 cm³/mol. The van der Waals surface area contributed by atoms with E-state index in [2.05, 4.69) is 43.5 Å². The third-order valence-corrected chi connectivity index (χ3v) is 14.2. The first-order chi connectivity index (χ1) is 33.5. The summed E-state index contributed by atoms with van der Waals surface area (Å²) in [4.78, 5) is 24.6. The Balaban J connectivity index is 3.48. The van der Waals surface area contributed by atoms with Crippen LogP contribution in [0.5, 0.6) is 0 Å². The van der Waals surface area contributed by atoms with Gasteiger partial charge in [0.05, 0.1) is 25.4 Å². The van der Waals surface area contributed by atoms with Gasteiger partial charge in [-0.3, -0.25) is 9.59 Å². The van der Waals surface area contributed by atoms with Gasteiger partial charge in [-0.15, -0.1) is 0 Å². The van der Waals surface area contributed by atoms with E-state index < -0.39 is 12.1 Å². The van der Waals surface area contributed by atoms with Gasteiger partial charge < -0.3 is 20.3 Å². The summed E-state index contributed by atoms with van der Waals surface area (Å²) in [6.07, 6.45) is 70.3. The van der Waals surface area contributed by atoms with Gasteiger partial charge in [-0.1, -0.05) is 263 Å². The smallest absolute Gasteiger partial charge is 0.305 e. The minimum absolute atomic E-state index is 0.0251. The maximum atomic E-state index is 12.5. The highest BCUT2D eigenvalue weighted by atomic mass is 16.5. The molecule has 0 aliphatic heterocycles. The Bertz CT molecular complexity index is 1060. The molecule has 68 heavy (non-hydrogen) atoms. The summed E-state index contributed by atoms with van der Waals surface area (Å²) < 4.78 is 5.46. The standard InChI is InChI=1S/C62H119NO5/c1-3-5-7-9-11-13-15-17-19-21-22-23-24-25-27-28-30-34-38-42-46-50-54-60(65)59(58-64)63-61(66)55-51-47-43-39-35-32-33-37-41-45-49-53-57-68-62(67)56-52-48-44-40-36-31-29-26-20-18-16-14-12-10-8-6-4-2/h18,20,33,37,59-60,64-65H,3-17,19,21-32,34-36,38-58H2,1-2H3,(H,63,66)/b20-18-,37-33-. The van der Waals surface area contributed by atoms with E-state index in [1.807, 2.05) is 0 Å². The lowest BCUT2D eigenvalue weighted by atomic mass is 10.0.